The minimum Gasteiger partial charge on any atom is -0.497 e. The summed E-state index contributed by atoms with van der Waals surface area (Å²) < 4.78 is 12.7. The average molecular weight is 369 g/mol. The van der Waals surface area contributed by atoms with Gasteiger partial charge in [-0.1, -0.05) is 12.1 Å². The molecule has 0 aliphatic heterocycles. The summed E-state index contributed by atoms with van der Waals surface area (Å²) in [7, 11) is 1.64. The van der Waals surface area contributed by atoms with Crippen molar-refractivity contribution in [3.05, 3.63) is 54.6 Å². The maximum Gasteiger partial charge on any atom is 0.268 e. The summed E-state index contributed by atoms with van der Waals surface area (Å²) in [5, 5.41) is 12.3. The van der Waals surface area contributed by atoms with Crippen molar-refractivity contribution in [2.75, 3.05) is 13.7 Å². The Morgan fingerprint density at radius 3 is 2.67 bits per heavy atom. The summed E-state index contributed by atoms with van der Waals surface area (Å²) in [6.07, 6.45) is 3.75. The first-order valence-corrected chi connectivity index (χ1v) is 8.75. The molecule has 2 aromatic carbocycles. The van der Waals surface area contributed by atoms with Gasteiger partial charge in [-0.2, -0.15) is 0 Å². The van der Waals surface area contributed by atoms with Crippen molar-refractivity contribution in [1.29, 1.82) is 0 Å². The van der Waals surface area contributed by atoms with Gasteiger partial charge in [0.2, 0.25) is 0 Å². The van der Waals surface area contributed by atoms with E-state index in [2.05, 4.69) is 4.98 Å². The molecule has 3 aromatic rings. The molecule has 0 saturated carbocycles. The van der Waals surface area contributed by atoms with E-state index in [1.165, 1.54) is 12.5 Å². The van der Waals surface area contributed by atoms with E-state index in [9.17, 15) is 9.90 Å². The second-order valence-electron chi connectivity index (χ2n) is 6.34. The van der Waals surface area contributed by atoms with E-state index in [1.54, 1.807) is 11.7 Å². The van der Waals surface area contributed by atoms with Crippen LogP contribution in [0.5, 0.6) is 11.5 Å². The van der Waals surface area contributed by atoms with E-state index in [-0.39, 0.29) is 5.69 Å². The van der Waals surface area contributed by atoms with Gasteiger partial charge in [-0.3, -0.25) is 4.79 Å². The number of aliphatic hydroxyl groups is 1. The van der Waals surface area contributed by atoms with Crippen molar-refractivity contribution in [2.24, 2.45) is 5.73 Å². The summed E-state index contributed by atoms with van der Waals surface area (Å²) >= 11 is 0. The number of imidazole rings is 1. The summed E-state index contributed by atoms with van der Waals surface area (Å²) in [4.78, 5) is 14.9. The third-order valence-corrected chi connectivity index (χ3v) is 4.28. The highest BCUT2D eigenvalue weighted by atomic mass is 16.5. The first-order valence-electron chi connectivity index (χ1n) is 8.75. The van der Waals surface area contributed by atoms with Crippen LogP contribution in [-0.4, -0.2) is 40.4 Å². The molecule has 3 rings (SSSR count). The predicted molar refractivity (Wildman–Crippen MR) is 102 cm³/mol. The normalized spacial score (nSPS) is 12.1. The lowest BCUT2D eigenvalue weighted by molar-refractivity contribution is 0.0995. The van der Waals surface area contributed by atoms with Gasteiger partial charge in [0.05, 0.1) is 26.1 Å². The Labute approximate surface area is 157 Å². The van der Waals surface area contributed by atoms with Gasteiger partial charge in [0.15, 0.2) is 0 Å². The number of hydrogen-bond donors (Lipinski definition) is 2. The van der Waals surface area contributed by atoms with E-state index in [0.29, 0.717) is 26.0 Å². The molecule has 1 atom stereocenters. The van der Waals surface area contributed by atoms with E-state index >= 15 is 0 Å². The van der Waals surface area contributed by atoms with E-state index in [4.69, 9.17) is 15.2 Å². The number of primary amides is 1. The number of benzene rings is 2. The molecule has 0 saturated heterocycles. The third-order valence-electron chi connectivity index (χ3n) is 4.28. The first-order chi connectivity index (χ1) is 13.0. The van der Waals surface area contributed by atoms with Crippen molar-refractivity contribution >= 4 is 16.7 Å². The fraction of sp³-hybridized carbons (Fsp3) is 0.300. The van der Waals surface area contributed by atoms with Crippen LogP contribution in [0.15, 0.2) is 48.9 Å². The van der Waals surface area contributed by atoms with Crippen LogP contribution in [-0.2, 0) is 6.54 Å². The minimum atomic E-state index is -0.579. The van der Waals surface area contributed by atoms with Gasteiger partial charge < -0.3 is 24.9 Å². The van der Waals surface area contributed by atoms with E-state index < -0.39 is 12.0 Å². The quantitative estimate of drug-likeness (QED) is 0.564. The fourth-order valence-electron chi connectivity index (χ4n) is 2.85. The lowest BCUT2D eigenvalue weighted by Gasteiger charge is -2.12. The standard InChI is InChI=1S/C20H23N3O4/c1-26-17-6-4-14-5-7-18(10-15(14)9-17)27-8-2-3-16(24)11-23-12-19(20(21)25)22-13-23/h4-7,9-10,12-13,16,24H,2-3,8,11H2,1H3,(H2,21,25)/t16-/m0/s1. The SMILES string of the molecule is COc1ccc2ccc(OCCC[C@H](O)Cn3cnc(C(N)=O)c3)cc2c1. The largest absolute Gasteiger partial charge is 0.497 e. The number of amides is 1. The Balaban J connectivity index is 1.46. The Morgan fingerprint density at radius 1 is 1.22 bits per heavy atom. The highest BCUT2D eigenvalue weighted by Crippen LogP contribution is 2.25. The molecule has 3 N–H and O–H groups in total. The summed E-state index contributed by atoms with van der Waals surface area (Å²) in [5.41, 5.74) is 5.35. The number of carbonyl (C=O) groups excluding carboxylic acids is 1. The van der Waals surface area contributed by atoms with Crippen LogP contribution in [0.25, 0.3) is 10.8 Å². The number of rotatable bonds is 9. The second-order valence-corrected chi connectivity index (χ2v) is 6.34. The Morgan fingerprint density at radius 2 is 1.96 bits per heavy atom. The third kappa shape index (κ3) is 4.98. The number of aliphatic hydroxyl groups excluding tert-OH is 1. The molecule has 27 heavy (non-hydrogen) atoms. The maximum absolute atomic E-state index is 11.0. The Bertz CT molecular complexity index is 922. The van der Waals surface area contributed by atoms with E-state index in [1.807, 2.05) is 36.4 Å². The number of ether oxygens (including phenoxy) is 2. The van der Waals surface area contributed by atoms with Crippen LogP contribution < -0.4 is 15.2 Å². The van der Waals surface area contributed by atoms with Crippen LogP contribution in [0.3, 0.4) is 0 Å². The Kier molecular flexibility index (Phi) is 5.93. The molecule has 7 heteroatoms. The molecule has 1 amide bonds. The number of aromatic nitrogens is 2. The van der Waals surface area contributed by atoms with Crippen molar-refractivity contribution in [1.82, 2.24) is 9.55 Å². The van der Waals surface area contributed by atoms with Gasteiger partial charge in [0.1, 0.15) is 17.2 Å². The molecule has 0 bridgehead atoms. The summed E-state index contributed by atoms with van der Waals surface area (Å²) in [5.74, 6) is 1.01. The first kappa shape index (κ1) is 18.7. The maximum atomic E-state index is 11.0. The van der Waals surface area contributed by atoms with Crippen LogP contribution in [0, 0.1) is 0 Å². The number of nitrogens with zero attached hydrogens (tertiary/aromatic N) is 2. The van der Waals surface area contributed by atoms with Gasteiger partial charge in [-0.25, -0.2) is 4.98 Å². The summed E-state index contributed by atoms with van der Waals surface area (Å²) in [6.45, 7) is 0.860. The molecular formula is C20H23N3O4. The number of hydrogen-bond acceptors (Lipinski definition) is 5. The average Bonchev–Trinajstić information content (AvgIpc) is 3.13. The fourth-order valence-corrected chi connectivity index (χ4v) is 2.85. The van der Waals surface area contributed by atoms with Crippen molar-refractivity contribution in [3.8, 4) is 11.5 Å². The second kappa shape index (κ2) is 8.55. The van der Waals surface area contributed by atoms with Crippen LogP contribution in [0.1, 0.15) is 23.3 Å². The Hall–Kier alpha value is -3.06. The molecule has 0 fully saturated rings. The number of fused-ring (bicyclic) bond motifs is 1. The molecule has 1 heterocycles. The molecular weight excluding hydrogens is 346 g/mol. The van der Waals surface area contributed by atoms with Gasteiger partial charge in [0, 0.05) is 12.7 Å². The van der Waals surface area contributed by atoms with Crippen molar-refractivity contribution < 1.29 is 19.4 Å². The van der Waals surface area contributed by atoms with Crippen LogP contribution in [0.4, 0.5) is 0 Å². The number of carbonyl (C=O) groups is 1. The van der Waals surface area contributed by atoms with E-state index in [0.717, 1.165) is 22.3 Å². The van der Waals surface area contributed by atoms with Crippen molar-refractivity contribution in [2.45, 2.75) is 25.5 Å². The van der Waals surface area contributed by atoms with Gasteiger partial charge in [-0.15, -0.1) is 0 Å². The van der Waals surface area contributed by atoms with Crippen LogP contribution >= 0.6 is 0 Å². The lowest BCUT2D eigenvalue weighted by Crippen LogP contribution is -2.16. The molecule has 0 radical (unpaired) electrons. The highest BCUT2D eigenvalue weighted by Gasteiger charge is 2.09. The predicted octanol–water partition coefficient (Wildman–Crippen LogP) is 2.36. The van der Waals surface area contributed by atoms with Crippen molar-refractivity contribution in [3.63, 3.8) is 0 Å². The zero-order valence-electron chi connectivity index (χ0n) is 15.2. The molecule has 1 aromatic heterocycles. The smallest absolute Gasteiger partial charge is 0.268 e. The van der Waals surface area contributed by atoms with Gasteiger partial charge in [-0.05, 0) is 47.9 Å². The molecule has 0 unspecified atom stereocenters. The van der Waals surface area contributed by atoms with Gasteiger partial charge in [0.25, 0.3) is 5.91 Å². The summed E-state index contributed by atoms with van der Waals surface area (Å²) in [6, 6.07) is 11.8. The number of nitrogens with two attached hydrogens (primary N) is 1. The topological polar surface area (TPSA) is 99.6 Å². The zero-order valence-corrected chi connectivity index (χ0v) is 15.2. The van der Waals surface area contributed by atoms with Crippen LogP contribution in [0.2, 0.25) is 0 Å². The van der Waals surface area contributed by atoms with Gasteiger partial charge >= 0.3 is 0 Å². The molecule has 0 aliphatic carbocycles. The zero-order chi connectivity index (χ0) is 19.2. The monoisotopic (exact) mass is 369 g/mol. The lowest BCUT2D eigenvalue weighted by atomic mass is 10.1. The molecule has 7 nitrogen and oxygen atoms in total. The molecule has 0 spiro atoms. The number of methoxy groups -OCH3 is 1. The minimum absolute atomic E-state index is 0.193. The molecule has 0 aliphatic rings. The highest BCUT2D eigenvalue weighted by molar-refractivity contribution is 5.90. The molecule has 142 valence electrons.